The van der Waals surface area contributed by atoms with Gasteiger partial charge in [-0.25, -0.2) is 4.39 Å². The van der Waals surface area contributed by atoms with Crippen LogP contribution >= 0.6 is 0 Å². The van der Waals surface area contributed by atoms with E-state index in [0.717, 1.165) is 16.7 Å². The number of hydrogen-bond acceptors (Lipinski definition) is 3. The van der Waals surface area contributed by atoms with E-state index in [4.69, 9.17) is 9.47 Å². The molecule has 0 saturated carbocycles. The molecule has 35 heavy (non-hydrogen) atoms. The molecule has 0 bridgehead atoms. The minimum Gasteiger partial charge on any atom is -0.481 e. The van der Waals surface area contributed by atoms with Crippen molar-refractivity contribution in [3.8, 4) is 0 Å². The first-order chi connectivity index (χ1) is 17.1. The lowest BCUT2D eigenvalue weighted by Crippen LogP contribution is -2.31. The van der Waals surface area contributed by atoms with Gasteiger partial charge in [-0.3, -0.25) is 4.79 Å². The molecule has 4 aromatic carbocycles. The van der Waals surface area contributed by atoms with Crippen molar-refractivity contribution in [1.82, 2.24) is 0 Å². The summed E-state index contributed by atoms with van der Waals surface area (Å²) in [7, 11) is 0. The zero-order valence-corrected chi connectivity index (χ0v) is 19.5. The van der Waals surface area contributed by atoms with Gasteiger partial charge in [0, 0.05) is 16.7 Å². The van der Waals surface area contributed by atoms with Crippen molar-refractivity contribution in [2.75, 3.05) is 6.61 Å². The zero-order chi connectivity index (χ0) is 24.5. The lowest BCUT2D eigenvalue weighted by atomic mass is 9.80. The summed E-state index contributed by atoms with van der Waals surface area (Å²) in [5.41, 5.74) is 2.07. The van der Waals surface area contributed by atoms with E-state index in [0.29, 0.717) is 0 Å². The van der Waals surface area contributed by atoms with Crippen LogP contribution in [0, 0.1) is 5.82 Å². The Hall–Kier alpha value is -4.02. The molecule has 0 radical (unpaired) electrons. The van der Waals surface area contributed by atoms with Crippen LogP contribution in [0.5, 0.6) is 0 Å². The largest absolute Gasteiger partial charge is 0.481 e. The van der Waals surface area contributed by atoms with Crippen molar-refractivity contribution in [2.45, 2.75) is 18.6 Å². The summed E-state index contributed by atoms with van der Waals surface area (Å²) in [4.78, 5) is 12.3. The summed E-state index contributed by atoms with van der Waals surface area (Å²) in [5, 5.41) is 0. The number of rotatable bonds is 10. The number of hydrogen-bond donors (Lipinski definition) is 0. The van der Waals surface area contributed by atoms with E-state index in [-0.39, 0.29) is 12.2 Å². The van der Waals surface area contributed by atoms with Gasteiger partial charge in [-0.1, -0.05) is 103 Å². The lowest BCUT2D eigenvalue weighted by molar-refractivity contribution is 0.0616. The molecule has 4 heteroatoms. The van der Waals surface area contributed by atoms with Crippen LogP contribution < -0.4 is 0 Å². The van der Waals surface area contributed by atoms with Gasteiger partial charge in [0.25, 0.3) is 0 Å². The molecule has 3 nitrogen and oxygen atoms in total. The topological polar surface area (TPSA) is 35.5 Å². The van der Waals surface area contributed by atoms with Gasteiger partial charge in [-0.2, -0.15) is 0 Å². The van der Waals surface area contributed by atoms with Crippen molar-refractivity contribution in [1.29, 1.82) is 0 Å². The Kier molecular flexibility index (Phi) is 7.86. The van der Waals surface area contributed by atoms with Crippen LogP contribution in [0.4, 0.5) is 4.39 Å². The fourth-order valence-corrected chi connectivity index (χ4v) is 4.00. The molecule has 0 aliphatic rings. The standard InChI is InChI=1S/C31H27FO3/c1-24(34-23-30(33)28-19-11-12-20-29(28)32)21-22-35-31(25-13-5-2-6-14-25,26-15-7-3-8-16-26)27-17-9-4-10-18-27/h2-22,24H,23H2,1H3. The van der Waals surface area contributed by atoms with Crippen molar-refractivity contribution in [3.05, 3.63) is 156 Å². The first-order valence-corrected chi connectivity index (χ1v) is 11.5. The van der Waals surface area contributed by atoms with Crippen molar-refractivity contribution < 1.29 is 18.7 Å². The van der Waals surface area contributed by atoms with Gasteiger partial charge in [0.05, 0.1) is 17.9 Å². The van der Waals surface area contributed by atoms with Crippen LogP contribution in [0.3, 0.4) is 0 Å². The van der Waals surface area contributed by atoms with Gasteiger partial charge in [-0.15, -0.1) is 0 Å². The molecule has 0 saturated heterocycles. The molecular weight excluding hydrogens is 439 g/mol. The van der Waals surface area contributed by atoms with E-state index in [1.165, 1.54) is 12.1 Å². The highest BCUT2D eigenvalue weighted by atomic mass is 19.1. The molecule has 0 heterocycles. The van der Waals surface area contributed by atoms with Crippen molar-refractivity contribution in [3.63, 3.8) is 0 Å². The maximum Gasteiger partial charge on any atom is 0.191 e. The third kappa shape index (κ3) is 5.56. The summed E-state index contributed by atoms with van der Waals surface area (Å²) in [6.45, 7) is 1.58. The zero-order valence-electron chi connectivity index (χ0n) is 19.5. The number of Topliss-reactive ketones (excluding diaryl/α,β-unsaturated/α-hetero) is 1. The fraction of sp³-hybridized carbons (Fsp3) is 0.129. The van der Waals surface area contributed by atoms with E-state index in [1.807, 2.05) is 97.9 Å². The molecule has 1 unspecified atom stereocenters. The van der Waals surface area contributed by atoms with E-state index in [9.17, 15) is 9.18 Å². The van der Waals surface area contributed by atoms with Crippen LogP contribution in [0.1, 0.15) is 34.0 Å². The second kappa shape index (κ2) is 11.4. The number of carbonyl (C=O) groups excluding carboxylic acids is 1. The summed E-state index contributed by atoms with van der Waals surface area (Å²) < 4.78 is 26.1. The molecule has 0 N–H and O–H groups in total. The van der Waals surface area contributed by atoms with Crippen LogP contribution in [-0.2, 0) is 15.1 Å². The van der Waals surface area contributed by atoms with Gasteiger partial charge in [0.1, 0.15) is 12.4 Å². The Morgan fingerprint density at radius 2 is 1.23 bits per heavy atom. The van der Waals surface area contributed by atoms with Crippen LogP contribution in [0.2, 0.25) is 0 Å². The van der Waals surface area contributed by atoms with Gasteiger partial charge in [0.15, 0.2) is 11.4 Å². The van der Waals surface area contributed by atoms with Crippen LogP contribution in [0.15, 0.2) is 128 Å². The first kappa shape index (κ1) is 24.1. The van der Waals surface area contributed by atoms with E-state index in [2.05, 4.69) is 0 Å². The number of carbonyl (C=O) groups is 1. The molecule has 1 atom stereocenters. The Labute approximate surface area is 205 Å². The third-order valence-electron chi connectivity index (χ3n) is 5.79. The number of halogens is 1. The molecule has 0 aliphatic heterocycles. The Balaban J connectivity index is 1.58. The minimum absolute atomic E-state index is 0.0242. The predicted octanol–water partition coefficient (Wildman–Crippen LogP) is 6.94. The maximum atomic E-state index is 13.9. The summed E-state index contributed by atoms with van der Waals surface area (Å²) >= 11 is 0. The SMILES string of the molecule is CC(C=COC(c1ccccc1)(c1ccccc1)c1ccccc1)OCC(=O)c1ccccc1F. The van der Waals surface area contributed by atoms with Crippen molar-refractivity contribution in [2.24, 2.45) is 0 Å². The van der Waals surface area contributed by atoms with Gasteiger partial charge in [0.2, 0.25) is 0 Å². The highest BCUT2D eigenvalue weighted by Gasteiger charge is 2.37. The third-order valence-corrected chi connectivity index (χ3v) is 5.79. The number of ether oxygens (including phenoxy) is 2. The molecule has 176 valence electrons. The molecule has 0 fully saturated rings. The van der Waals surface area contributed by atoms with E-state index in [1.54, 1.807) is 24.5 Å². The average Bonchev–Trinajstić information content (AvgIpc) is 2.91. The van der Waals surface area contributed by atoms with Gasteiger partial charge in [-0.05, 0) is 25.1 Å². The molecule has 0 amide bonds. The molecule has 4 aromatic rings. The predicted molar refractivity (Wildman–Crippen MR) is 136 cm³/mol. The Morgan fingerprint density at radius 1 is 0.771 bits per heavy atom. The number of ketones is 1. The molecule has 4 rings (SSSR count). The summed E-state index contributed by atoms with van der Waals surface area (Å²) in [6, 6.07) is 36.0. The monoisotopic (exact) mass is 466 g/mol. The molecule has 0 aliphatic carbocycles. The summed E-state index contributed by atoms with van der Waals surface area (Å²) in [5.74, 6) is -0.956. The molecule has 0 aromatic heterocycles. The highest BCUT2D eigenvalue weighted by molar-refractivity contribution is 5.97. The average molecular weight is 467 g/mol. The fourth-order valence-electron chi connectivity index (χ4n) is 4.00. The minimum atomic E-state index is -0.886. The second-order valence-corrected chi connectivity index (χ2v) is 8.14. The summed E-state index contributed by atoms with van der Waals surface area (Å²) in [6.07, 6.45) is 2.94. The van der Waals surface area contributed by atoms with E-state index >= 15 is 0 Å². The maximum absolute atomic E-state index is 13.9. The Bertz CT molecular complexity index is 1160. The molecule has 0 spiro atoms. The number of benzene rings is 4. The van der Waals surface area contributed by atoms with Gasteiger partial charge < -0.3 is 9.47 Å². The molecular formula is C31H27FO3. The second-order valence-electron chi connectivity index (χ2n) is 8.14. The van der Waals surface area contributed by atoms with E-state index < -0.39 is 23.3 Å². The van der Waals surface area contributed by atoms with Crippen LogP contribution in [0.25, 0.3) is 0 Å². The van der Waals surface area contributed by atoms with Gasteiger partial charge >= 0.3 is 0 Å². The normalized spacial score (nSPS) is 12.4. The highest BCUT2D eigenvalue weighted by Crippen LogP contribution is 2.40. The van der Waals surface area contributed by atoms with Crippen LogP contribution in [-0.4, -0.2) is 18.5 Å². The first-order valence-electron chi connectivity index (χ1n) is 11.5. The quantitative estimate of drug-likeness (QED) is 0.144. The lowest BCUT2D eigenvalue weighted by Gasteiger charge is -2.35. The Morgan fingerprint density at radius 3 is 1.71 bits per heavy atom. The van der Waals surface area contributed by atoms with Crippen molar-refractivity contribution >= 4 is 5.78 Å². The smallest absolute Gasteiger partial charge is 0.191 e.